The van der Waals surface area contributed by atoms with Crippen molar-refractivity contribution in [3.8, 4) is 0 Å². The van der Waals surface area contributed by atoms with E-state index in [1.54, 1.807) is 0 Å². The van der Waals surface area contributed by atoms with Crippen LogP contribution in [-0.4, -0.2) is 25.2 Å². The Morgan fingerprint density at radius 3 is 2.14 bits per heavy atom. The summed E-state index contributed by atoms with van der Waals surface area (Å²) in [5, 5.41) is 3.08. The average Bonchev–Trinajstić information content (AvgIpc) is 2.20. The Balaban J connectivity index is 2.13. The van der Waals surface area contributed by atoms with Crippen molar-refractivity contribution in [2.24, 2.45) is 0 Å². The molecule has 38 valence electrons. The predicted octanol–water partition coefficient (Wildman–Crippen LogP) is -0.0165. The maximum Gasteiger partial charge on any atom is 0.0636 e. The Bertz CT molecular complexity index is 151. The molecule has 3 aliphatic rings. The van der Waals surface area contributed by atoms with Crippen LogP contribution < -0.4 is 0 Å². The van der Waals surface area contributed by atoms with E-state index in [0.29, 0.717) is 10.5 Å². The largest absolute Gasteiger partial charge is 0.259 e. The summed E-state index contributed by atoms with van der Waals surface area (Å²) in [7, 11) is -0.341. The van der Waals surface area contributed by atoms with E-state index in [4.69, 9.17) is 0 Å². The first-order valence-electron chi connectivity index (χ1n) is 2.44. The van der Waals surface area contributed by atoms with Crippen LogP contribution in [0, 0.1) is 0 Å². The maximum absolute atomic E-state index is 10.6. The summed E-state index contributed by atoms with van der Waals surface area (Å²) in [4.78, 5) is 0. The molecule has 1 nitrogen and oxygen atoms in total. The van der Waals surface area contributed by atoms with Gasteiger partial charge in [-0.1, -0.05) is 0 Å². The van der Waals surface area contributed by atoms with E-state index in [1.807, 2.05) is 11.8 Å². The molecule has 0 amide bonds. The zero-order valence-electron chi connectivity index (χ0n) is 3.53. The van der Waals surface area contributed by atoms with Gasteiger partial charge in [0.2, 0.25) is 0 Å². The number of thioether (sulfide) groups is 1. The van der Waals surface area contributed by atoms with E-state index in [1.165, 1.54) is 0 Å². The first kappa shape index (κ1) is 3.51. The number of rotatable bonds is 0. The van der Waals surface area contributed by atoms with Crippen LogP contribution in [-0.2, 0) is 10.8 Å². The molecule has 0 radical (unpaired) electrons. The lowest BCUT2D eigenvalue weighted by atomic mass is 10.0. The Labute approximate surface area is 48.3 Å². The summed E-state index contributed by atoms with van der Waals surface area (Å²) < 4.78 is 10.6. The molecule has 0 aromatic carbocycles. The monoisotopic (exact) mass is 132 g/mol. The molecule has 0 bridgehead atoms. The zero-order valence-corrected chi connectivity index (χ0v) is 5.17. The second-order valence-corrected chi connectivity index (χ2v) is 5.43. The fourth-order valence-electron chi connectivity index (χ4n) is 1.38. The first-order valence-corrected chi connectivity index (χ1v) is 4.66. The molecule has 2 aliphatic heterocycles. The predicted molar refractivity (Wildman–Crippen MR) is 30.9 cm³/mol. The van der Waals surface area contributed by atoms with E-state index < -0.39 is 0 Å². The molecule has 0 N–H and O–H groups in total. The van der Waals surface area contributed by atoms with Gasteiger partial charge in [0.1, 0.15) is 0 Å². The van der Waals surface area contributed by atoms with Gasteiger partial charge >= 0.3 is 0 Å². The maximum atomic E-state index is 10.6. The van der Waals surface area contributed by atoms with Crippen LogP contribution >= 0.6 is 11.8 Å². The lowest BCUT2D eigenvalue weighted by Crippen LogP contribution is -2.20. The molecule has 3 fully saturated rings. The van der Waals surface area contributed by atoms with Gasteiger partial charge in [0, 0.05) is 21.3 Å². The molecule has 0 aromatic heterocycles. The normalized spacial score (nSPS) is 80.9. The Hall–Kier alpha value is 0.500. The van der Waals surface area contributed by atoms with E-state index in [-0.39, 0.29) is 10.8 Å². The van der Waals surface area contributed by atoms with Gasteiger partial charge in [-0.2, -0.15) is 11.8 Å². The van der Waals surface area contributed by atoms with Gasteiger partial charge in [-0.25, -0.2) is 0 Å². The highest BCUT2D eigenvalue weighted by Gasteiger charge is 2.78. The Kier molecular flexibility index (Phi) is 0.362. The second-order valence-electron chi connectivity index (χ2n) is 2.32. The highest BCUT2D eigenvalue weighted by atomic mass is 32.2. The third kappa shape index (κ3) is 0.219. The fraction of sp³-hybridized carbons (Fsp3) is 1.00. The SMILES string of the molecule is O=S1C2C3SC3C21. The molecule has 1 saturated carbocycles. The van der Waals surface area contributed by atoms with Crippen LogP contribution in [0.2, 0.25) is 0 Å². The van der Waals surface area contributed by atoms with Crippen molar-refractivity contribution >= 4 is 22.6 Å². The minimum atomic E-state index is -0.341. The summed E-state index contributed by atoms with van der Waals surface area (Å²) in [5.41, 5.74) is 0. The number of hydrogen-bond donors (Lipinski definition) is 0. The fourth-order valence-corrected chi connectivity index (χ4v) is 5.87. The lowest BCUT2D eigenvalue weighted by Gasteiger charge is -1.95. The quantitative estimate of drug-likeness (QED) is 0.431. The highest BCUT2D eigenvalue weighted by Crippen LogP contribution is 2.69. The summed E-state index contributed by atoms with van der Waals surface area (Å²) >= 11 is 2.03. The van der Waals surface area contributed by atoms with Crippen LogP contribution in [0.3, 0.4) is 0 Å². The standard InChI is InChI=1S/C4H4OS2/c5-7-3-1-2(6-1)4(3)7/h1-4H. The van der Waals surface area contributed by atoms with Gasteiger partial charge in [-0.3, -0.25) is 4.21 Å². The summed E-state index contributed by atoms with van der Waals surface area (Å²) in [6.07, 6.45) is 0. The summed E-state index contributed by atoms with van der Waals surface area (Å²) in [6.45, 7) is 0. The molecular formula is C4H4OS2. The Morgan fingerprint density at radius 2 is 1.86 bits per heavy atom. The minimum Gasteiger partial charge on any atom is -0.259 e. The molecule has 3 rings (SSSR count). The second kappa shape index (κ2) is 0.722. The van der Waals surface area contributed by atoms with Crippen LogP contribution in [0.25, 0.3) is 0 Å². The molecular weight excluding hydrogens is 128 g/mol. The van der Waals surface area contributed by atoms with E-state index >= 15 is 0 Å². The zero-order chi connectivity index (χ0) is 4.59. The van der Waals surface area contributed by atoms with Crippen LogP contribution in [0.5, 0.6) is 0 Å². The molecule has 0 aromatic rings. The van der Waals surface area contributed by atoms with Crippen molar-refractivity contribution in [3.05, 3.63) is 0 Å². The topological polar surface area (TPSA) is 17.1 Å². The van der Waals surface area contributed by atoms with Gasteiger partial charge in [0.15, 0.2) is 0 Å². The van der Waals surface area contributed by atoms with Crippen molar-refractivity contribution in [2.75, 3.05) is 0 Å². The molecule has 4 atom stereocenters. The molecule has 3 heteroatoms. The lowest BCUT2D eigenvalue weighted by molar-refractivity contribution is 0.693. The molecule has 7 heavy (non-hydrogen) atoms. The molecule has 0 spiro atoms. The summed E-state index contributed by atoms with van der Waals surface area (Å²) in [6, 6.07) is 0. The van der Waals surface area contributed by atoms with Crippen molar-refractivity contribution in [3.63, 3.8) is 0 Å². The van der Waals surface area contributed by atoms with Crippen molar-refractivity contribution < 1.29 is 4.21 Å². The smallest absolute Gasteiger partial charge is 0.0636 e. The third-order valence-electron chi connectivity index (χ3n) is 1.99. The average molecular weight is 132 g/mol. The molecule has 2 saturated heterocycles. The van der Waals surface area contributed by atoms with Gasteiger partial charge in [0.05, 0.1) is 10.5 Å². The summed E-state index contributed by atoms with van der Waals surface area (Å²) in [5.74, 6) is 0. The number of hydrogen-bond acceptors (Lipinski definition) is 2. The van der Waals surface area contributed by atoms with Gasteiger partial charge in [-0.05, 0) is 0 Å². The van der Waals surface area contributed by atoms with E-state index in [2.05, 4.69) is 0 Å². The first-order chi connectivity index (χ1) is 3.39. The van der Waals surface area contributed by atoms with Crippen LogP contribution in [0.1, 0.15) is 0 Å². The highest BCUT2D eigenvalue weighted by molar-refractivity contribution is 8.13. The van der Waals surface area contributed by atoms with Crippen LogP contribution in [0.4, 0.5) is 0 Å². The van der Waals surface area contributed by atoms with Crippen LogP contribution in [0.15, 0.2) is 0 Å². The van der Waals surface area contributed by atoms with Crippen molar-refractivity contribution in [1.29, 1.82) is 0 Å². The molecule has 4 unspecified atom stereocenters. The van der Waals surface area contributed by atoms with Gasteiger partial charge < -0.3 is 0 Å². The van der Waals surface area contributed by atoms with Gasteiger partial charge in [-0.15, -0.1) is 0 Å². The molecule has 1 aliphatic carbocycles. The number of fused-ring (bicyclic) bond motifs is 4. The molecule has 2 heterocycles. The minimum absolute atomic E-state index is 0.341. The van der Waals surface area contributed by atoms with Crippen molar-refractivity contribution in [1.82, 2.24) is 0 Å². The van der Waals surface area contributed by atoms with E-state index in [0.717, 1.165) is 10.5 Å². The Morgan fingerprint density at radius 1 is 1.29 bits per heavy atom. The third-order valence-corrected chi connectivity index (χ3v) is 5.76. The van der Waals surface area contributed by atoms with E-state index in [9.17, 15) is 4.21 Å². The van der Waals surface area contributed by atoms with Gasteiger partial charge in [0.25, 0.3) is 0 Å². The van der Waals surface area contributed by atoms with Crippen molar-refractivity contribution in [2.45, 2.75) is 21.0 Å².